The molecule has 3 rings (SSSR count). The fraction of sp³-hybridized carbons (Fsp3) is 0.286. The van der Waals surface area contributed by atoms with E-state index in [-0.39, 0.29) is 18.2 Å². The highest BCUT2D eigenvalue weighted by Crippen LogP contribution is 2.24. The second-order valence-electron chi connectivity index (χ2n) is 6.59. The summed E-state index contributed by atoms with van der Waals surface area (Å²) in [6.45, 7) is 4.53. The van der Waals surface area contributed by atoms with Gasteiger partial charge in [0.1, 0.15) is 5.25 Å². The normalized spacial score (nSPS) is 17.8. The van der Waals surface area contributed by atoms with Crippen molar-refractivity contribution in [3.63, 3.8) is 0 Å². The Morgan fingerprint density at radius 1 is 1.19 bits per heavy atom. The number of aryl methyl sites for hydroxylation is 2. The third-order valence-electron chi connectivity index (χ3n) is 4.31. The van der Waals surface area contributed by atoms with E-state index in [2.05, 4.69) is 27.8 Å². The van der Waals surface area contributed by atoms with Crippen LogP contribution < -0.4 is 10.6 Å². The van der Waals surface area contributed by atoms with Crippen LogP contribution in [0, 0.1) is 13.8 Å². The largest absolute Gasteiger partial charge is 0.326 e. The fourth-order valence-corrected chi connectivity index (χ4v) is 3.78. The van der Waals surface area contributed by atoms with Crippen LogP contribution in [-0.2, 0) is 16.0 Å². The predicted octanol–water partition coefficient (Wildman–Crippen LogP) is 3.46. The summed E-state index contributed by atoms with van der Waals surface area (Å²) in [5.74, 6) is -0.323. The molecule has 0 spiro atoms. The smallest absolute Gasteiger partial charge is 0.240 e. The molecule has 1 atom stereocenters. The van der Waals surface area contributed by atoms with Crippen LogP contribution in [0.25, 0.3) is 0 Å². The zero-order valence-corrected chi connectivity index (χ0v) is 16.3. The predicted molar refractivity (Wildman–Crippen MR) is 111 cm³/mol. The average molecular weight is 382 g/mol. The van der Waals surface area contributed by atoms with Gasteiger partial charge in [-0.15, -0.1) is 0 Å². The van der Waals surface area contributed by atoms with Crippen molar-refractivity contribution in [2.45, 2.75) is 31.9 Å². The number of hydrogen-bond acceptors (Lipinski definition) is 4. The van der Waals surface area contributed by atoms with Crippen molar-refractivity contribution in [1.82, 2.24) is 5.32 Å². The standard InChI is InChI=1S/C21H23N3O2S/c1-14-8-9-15(2)17(12-14)23-19(25)13-18-20(26)24-21(27-18)22-11-10-16-6-4-3-5-7-16/h3-9,12,18H,10-11,13H2,1-2H3,(H,23,25)(H,22,24,26). The lowest BCUT2D eigenvalue weighted by Gasteiger charge is -2.10. The van der Waals surface area contributed by atoms with E-state index in [0.717, 1.165) is 23.2 Å². The van der Waals surface area contributed by atoms with Gasteiger partial charge in [-0.1, -0.05) is 54.2 Å². The van der Waals surface area contributed by atoms with E-state index in [0.29, 0.717) is 11.7 Å². The molecule has 1 aliphatic rings. The first-order valence-corrected chi connectivity index (χ1v) is 9.82. The van der Waals surface area contributed by atoms with Gasteiger partial charge in [0.25, 0.3) is 0 Å². The molecule has 0 aromatic heterocycles. The Morgan fingerprint density at radius 3 is 2.74 bits per heavy atom. The van der Waals surface area contributed by atoms with E-state index in [1.807, 2.05) is 50.2 Å². The molecule has 1 aliphatic heterocycles. The SMILES string of the molecule is Cc1ccc(C)c(NC(=O)CC2SC(=NCCc3ccccc3)NC2=O)c1. The van der Waals surface area contributed by atoms with Crippen LogP contribution in [0.1, 0.15) is 23.1 Å². The highest BCUT2D eigenvalue weighted by atomic mass is 32.2. The molecule has 1 heterocycles. The monoisotopic (exact) mass is 381 g/mol. The molecule has 5 nitrogen and oxygen atoms in total. The molecule has 0 bridgehead atoms. The number of amidine groups is 1. The molecule has 0 saturated carbocycles. The van der Waals surface area contributed by atoms with Crippen LogP contribution >= 0.6 is 11.8 Å². The fourth-order valence-electron chi connectivity index (χ4n) is 2.79. The number of nitrogens with one attached hydrogen (secondary N) is 2. The summed E-state index contributed by atoms with van der Waals surface area (Å²) in [5.41, 5.74) is 4.08. The molecule has 0 aliphatic carbocycles. The van der Waals surface area contributed by atoms with Gasteiger partial charge in [-0.05, 0) is 43.0 Å². The second kappa shape index (κ2) is 8.86. The zero-order valence-electron chi connectivity index (χ0n) is 15.5. The Labute approximate surface area is 163 Å². The van der Waals surface area contributed by atoms with E-state index in [1.165, 1.54) is 17.3 Å². The maximum Gasteiger partial charge on any atom is 0.240 e. The van der Waals surface area contributed by atoms with E-state index in [9.17, 15) is 9.59 Å². The van der Waals surface area contributed by atoms with Crippen molar-refractivity contribution in [1.29, 1.82) is 0 Å². The van der Waals surface area contributed by atoms with Gasteiger partial charge in [0.2, 0.25) is 11.8 Å². The van der Waals surface area contributed by atoms with Crippen molar-refractivity contribution in [3.8, 4) is 0 Å². The molecule has 2 amide bonds. The number of hydrogen-bond donors (Lipinski definition) is 2. The van der Waals surface area contributed by atoms with Gasteiger partial charge in [0, 0.05) is 18.7 Å². The average Bonchev–Trinajstić information content (AvgIpc) is 2.98. The van der Waals surface area contributed by atoms with E-state index in [4.69, 9.17) is 0 Å². The van der Waals surface area contributed by atoms with Crippen LogP contribution in [0.4, 0.5) is 5.69 Å². The summed E-state index contributed by atoms with van der Waals surface area (Å²) in [7, 11) is 0. The van der Waals surface area contributed by atoms with Crippen molar-refractivity contribution < 1.29 is 9.59 Å². The van der Waals surface area contributed by atoms with Crippen LogP contribution in [0.5, 0.6) is 0 Å². The summed E-state index contributed by atoms with van der Waals surface area (Å²) < 4.78 is 0. The lowest BCUT2D eigenvalue weighted by atomic mass is 10.1. The summed E-state index contributed by atoms with van der Waals surface area (Å²) >= 11 is 1.33. The number of anilines is 1. The summed E-state index contributed by atoms with van der Waals surface area (Å²) in [6, 6.07) is 16.0. The maximum absolute atomic E-state index is 12.3. The summed E-state index contributed by atoms with van der Waals surface area (Å²) in [5, 5.41) is 5.84. The third-order valence-corrected chi connectivity index (χ3v) is 5.43. The first-order valence-electron chi connectivity index (χ1n) is 8.94. The van der Waals surface area contributed by atoms with Crippen LogP contribution in [0.3, 0.4) is 0 Å². The summed E-state index contributed by atoms with van der Waals surface area (Å²) in [4.78, 5) is 28.9. The number of carbonyl (C=O) groups excluding carboxylic acids is 2. The number of thioether (sulfide) groups is 1. The second-order valence-corrected chi connectivity index (χ2v) is 7.78. The van der Waals surface area contributed by atoms with E-state index >= 15 is 0 Å². The lowest BCUT2D eigenvalue weighted by molar-refractivity contribution is -0.122. The Bertz CT molecular complexity index is 865. The van der Waals surface area contributed by atoms with Crippen LogP contribution in [0.2, 0.25) is 0 Å². The molecule has 2 N–H and O–H groups in total. The highest BCUT2D eigenvalue weighted by Gasteiger charge is 2.32. The lowest BCUT2D eigenvalue weighted by Crippen LogP contribution is -2.28. The number of aliphatic imine (C=N–C) groups is 1. The number of nitrogens with zero attached hydrogens (tertiary/aromatic N) is 1. The van der Waals surface area contributed by atoms with Gasteiger partial charge in [0.15, 0.2) is 5.17 Å². The molecule has 27 heavy (non-hydrogen) atoms. The van der Waals surface area contributed by atoms with Gasteiger partial charge in [-0.3, -0.25) is 14.6 Å². The van der Waals surface area contributed by atoms with Crippen molar-refractivity contribution in [2.75, 3.05) is 11.9 Å². The van der Waals surface area contributed by atoms with Crippen LogP contribution in [0.15, 0.2) is 53.5 Å². The number of carbonyl (C=O) groups is 2. The van der Waals surface area contributed by atoms with Crippen molar-refractivity contribution in [3.05, 3.63) is 65.2 Å². The Hall–Kier alpha value is -2.60. The molecule has 1 unspecified atom stereocenters. The van der Waals surface area contributed by atoms with Crippen LogP contribution in [-0.4, -0.2) is 28.8 Å². The van der Waals surface area contributed by atoms with Crippen molar-refractivity contribution >= 4 is 34.4 Å². The number of amides is 2. The minimum Gasteiger partial charge on any atom is -0.326 e. The summed E-state index contributed by atoms with van der Waals surface area (Å²) in [6.07, 6.45) is 0.945. The first-order chi connectivity index (χ1) is 13.0. The molecule has 1 saturated heterocycles. The molecule has 140 valence electrons. The molecule has 2 aromatic carbocycles. The topological polar surface area (TPSA) is 70.6 Å². The van der Waals surface area contributed by atoms with Gasteiger partial charge in [-0.2, -0.15) is 0 Å². The molecule has 6 heteroatoms. The maximum atomic E-state index is 12.3. The molecular weight excluding hydrogens is 358 g/mol. The Kier molecular flexibility index (Phi) is 6.29. The Morgan fingerprint density at radius 2 is 1.96 bits per heavy atom. The van der Waals surface area contributed by atoms with Gasteiger partial charge in [-0.25, -0.2) is 0 Å². The van der Waals surface area contributed by atoms with Crippen molar-refractivity contribution in [2.24, 2.45) is 4.99 Å². The third kappa shape index (κ3) is 5.44. The zero-order chi connectivity index (χ0) is 19.2. The minimum atomic E-state index is -0.439. The van der Waals surface area contributed by atoms with Gasteiger partial charge < -0.3 is 10.6 Å². The first kappa shape index (κ1) is 19.2. The molecular formula is C21H23N3O2S. The minimum absolute atomic E-state index is 0.127. The Balaban J connectivity index is 1.52. The van der Waals surface area contributed by atoms with Gasteiger partial charge >= 0.3 is 0 Å². The highest BCUT2D eigenvalue weighted by molar-refractivity contribution is 8.15. The molecule has 0 radical (unpaired) electrons. The molecule has 1 fully saturated rings. The van der Waals surface area contributed by atoms with Gasteiger partial charge in [0.05, 0.1) is 0 Å². The number of benzene rings is 2. The molecule has 2 aromatic rings. The van der Waals surface area contributed by atoms with E-state index < -0.39 is 5.25 Å². The van der Waals surface area contributed by atoms with E-state index in [1.54, 1.807) is 0 Å². The quantitative estimate of drug-likeness (QED) is 0.805. The number of rotatable bonds is 6.